The molecule has 1 aromatic rings. The predicted octanol–water partition coefficient (Wildman–Crippen LogP) is 0.560. The maximum Gasteiger partial charge on any atom is 0.190 e. The van der Waals surface area contributed by atoms with Crippen molar-refractivity contribution in [3.63, 3.8) is 0 Å². The first kappa shape index (κ1) is 9.05. The zero-order valence-electron chi connectivity index (χ0n) is 8.14. The van der Waals surface area contributed by atoms with Crippen molar-refractivity contribution in [3.05, 3.63) is 17.7 Å². The SMILES string of the molecule is CC1CCc2c(/C(N)=N\O)ncn2C1. The summed E-state index contributed by atoms with van der Waals surface area (Å²) in [5, 5.41) is 11.6. The Bertz CT molecular complexity index is 369. The molecule has 1 atom stereocenters. The van der Waals surface area contributed by atoms with E-state index < -0.39 is 0 Å². The van der Waals surface area contributed by atoms with Crippen molar-refractivity contribution < 1.29 is 5.21 Å². The van der Waals surface area contributed by atoms with E-state index in [-0.39, 0.29) is 5.84 Å². The van der Waals surface area contributed by atoms with Crippen molar-refractivity contribution in [3.8, 4) is 0 Å². The molecular formula is C9H14N4O. The van der Waals surface area contributed by atoms with E-state index in [4.69, 9.17) is 10.9 Å². The van der Waals surface area contributed by atoms with Gasteiger partial charge in [0.05, 0.1) is 6.33 Å². The van der Waals surface area contributed by atoms with Crippen LogP contribution >= 0.6 is 0 Å². The van der Waals surface area contributed by atoms with Crippen molar-refractivity contribution >= 4 is 5.84 Å². The molecule has 76 valence electrons. The van der Waals surface area contributed by atoms with Gasteiger partial charge in [-0.3, -0.25) is 0 Å². The Hall–Kier alpha value is -1.52. The summed E-state index contributed by atoms with van der Waals surface area (Å²) in [6.45, 7) is 3.19. The Morgan fingerprint density at radius 3 is 3.29 bits per heavy atom. The number of amidine groups is 1. The van der Waals surface area contributed by atoms with Crippen LogP contribution in [0.2, 0.25) is 0 Å². The fraction of sp³-hybridized carbons (Fsp3) is 0.556. The molecule has 0 aromatic carbocycles. The quantitative estimate of drug-likeness (QED) is 0.297. The zero-order valence-corrected chi connectivity index (χ0v) is 8.14. The summed E-state index contributed by atoms with van der Waals surface area (Å²) in [7, 11) is 0. The molecule has 0 aliphatic carbocycles. The lowest BCUT2D eigenvalue weighted by molar-refractivity contribution is 0.318. The van der Waals surface area contributed by atoms with Crippen molar-refractivity contribution in [2.75, 3.05) is 0 Å². The summed E-state index contributed by atoms with van der Waals surface area (Å²) in [4.78, 5) is 4.15. The smallest absolute Gasteiger partial charge is 0.190 e. The second-order valence-electron chi connectivity index (χ2n) is 3.82. The van der Waals surface area contributed by atoms with Crippen LogP contribution in [0, 0.1) is 5.92 Å². The molecule has 2 heterocycles. The predicted molar refractivity (Wildman–Crippen MR) is 52.2 cm³/mol. The van der Waals surface area contributed by atoms with Crippen molar-refractivity contribution in [1.82, 2.24) is 9.55 Å². The van der Waals surface area contributed by atoms with Gasteiger partial charge in [-0.15, -0.1) is 0 Å². The second-order valence-corrected chi connectivity index (χ2v) is 3.82. The molecule has 0 saturated heterocycles. The van der Waals surface area contributed by atoms with Crippen molar-refractivity contribution in [2.45, 2.75) is 26.3 Å². The molecule has 1 aliphatic heterocycles. The van der Waals surface area contributed by atoms with Crippen LogP contribution in [-0.4, -0.2) is 20.6 Å². The van der Waals surface area contributed by atoms with E-state index >= 15 is 0 Å². The van der Waals surface area contributed by atoms with Crippen molar-refractivity contribution in [1.29, 1.82) is 0 Å². The van der Waals surface area contributed by atoms with Crippen LogP contribution in [0.25, 0.3) is 0 Å². The molecule has 5 nitrogen and oxygen atoms in total. The largest absolute Gasteiger partial charge is 0.409 e. The first-order valence-electron chi connectivity index (χ1n) is 4.74. The molecule has 1 aromatic heterocycles. The third-order valence-electron chi connectivity index (χ3n) is 2.68. The van der Waals surface area contributed by atoms with Crippen LogP contribution in [0.1, 0.15) is 24.7 Å². The van der Waals surface area contributed by atoms with E-state index in [0.29, 0.717) is 11.6 Å². The van der Waals surface area contributed by atoms with E-state index in [1.165, 1.54) is 0 Å². The van der Waals surface area contributed by atoms with Gasteiger partial charge in [-0.2, -0.15) is 0 Å². The van der Waals surface area contributed by atoms with Crippen LogP contribution in [-0.2, 0) is 13.0 Å². The number of nitrogens with two attached hydrogens (primary N) is 1. The highest BCUT2D eigenvalue weighted by molar-refractivity contribution is 5.96. The third kappa shape index (κ3) is 1.34. The second kappa shape index (κ2) is 3.32. The number of aromatic nitrogens is 2. The van der Waals surface area contributed by atoms with Crippen LogP contribution in [0.15, 0.2) is 11.5 Å². The number of hydrogen-bond acceptors (Lipinski definition) is 3. The average molecular weight is 194 g/mol. The maximum absolute atomic E-state index is 8.57. The minimum absolute atomic E-state index is 0.105. The standard InChI is InChI=1S/C9H14N4O/c1-6-2-3-7-8(9(10)12-14)11-5-13(7)4-6/h5-6,14H,2-4H2,1H3,(H2,10,12). The fourth-order valence-electron chi connectivity index (χ4n) is 1.90. The van der Waals surface area contributed by atoms with Gasteiger partial charge >= 0.3 is 0 Å². The summed E-state index contributed by atoms with van der Waals surface area (Å²) in [6, 6.07) is 0. The Morgan fingerprint density at radius 1 is 1.79 bits per heavy atom. The molecule has 0 amide bonds. The molecule has 0 radical (unpaired) electrons. The van der Waals surface area contributed by atoms with Gasteiger partial charge in [-0.05, 0) is 18.8 Å². The minimum Gasteiger partial charge on any atom is -0.409 e. The number of rotatable bonds is 1. The lowest BCUT2D eigenvalue weighted by Crippen LogP contribution is -2.21. The summed E-state index contributed by atoms with van der Waals surface area (Å²) in [5.74, 6) is 0.783. The summed E-state index contributed by atoms with van der Waals surface area (Å²) in [6.07, 6.45) is 3.85. The number of oxime groups is 1. The molecule has 0 bridgehead atoms. The van der Waals surface area contributed by atoms with Crippen molar-refractivity contribution in [2.24, 2.45) is 16.8 Å². The number of nitrogens with zero attached hydrogens (tertiary/aromatic N) is 3. The number of hydrogen-bond donors (Lipinski definition) is 2. The Balaban J connectivity index is 2.38. The normalized spacial score (nSPS) is 22.1. The summed E-state index contributed by atoms with van der Waals surface area (Å²) in [5.41, 5.74) is 7.23. The molecule has 3 N–H and O–H groups in total. The highest BCUT2D eigenvalue weighted by Gasteiger charge is 2.20. The van der Waals surface area contributed by atoms with Crippen LogP contribution in [0.5, 0.6) is 0 Å². The van der Waals surface area contributed by atoms with E-state index in [1.54, 1.807) is 6.33 Å². The van der Waals surface area contributed by atoms with E-state index in [0.717, 1.165) is 25.1 Å². The molecule has 1 aliphatic rings. The molecule has 0 spiro atoms. The van der Waals surface area contributed by atoms with Gasteiger partial charge in [0.15, 0.2) is 5.84 Å². The van der Waals surface area contributed by atoms with E-state index in [1.807, 2.05) is 0 Å². The number of imidazole rings is 1. The lowest BCUT2D eigenvalue weighted by Gasteiger charge is -2.20. The summed E-state index contributed by atoms with van der Waals surface area (Å²) >= 11 is 0. The minimum atomic E-state index is 0.105. The van der Waals surface area contributed by atoms with E-state index in [2.05, 4.69) is 21.6 Å². The first-order valence-corrected chi connectivity index (χ1v) is 4.74. The Kier molecular flexibility index (Phi) is 2.15. The maximum atomic E-state index is 8.57. The molecule has 5 heteroatoms. The molecular weight excluding hydrogens is 180 g/mol. The zero-order chi connectivity index (χ0) is 10.1. The Labute approximate surface area is 82.2 Å². The Morgan fingerprint density at radius 2 is 2.57 bits per heavy atom. The van der Waals surface area contributed by atoms with Gasteiger partial charge in [-0.1, -0.05) is 12.1 Å². The van der Waals surface area contributed by atoms with Gasteiger partial charge < -0.3 is 15.5 Å². The van der Waals surface area contributed by atoms with Gasteiger partial charge in [0.25, 0.3) is 0 Å². The number of fused-ring (bicyclic) bond motifs is 1. The topological polar surface area (TPSA) is 76.4 Å². The fourth-order valence-corrected chi connectivity index (χ4v) is 1.90. The van der Waals surface area contributed by atoms with Gasteiger partial charge in [0, 0.05) is 12.2 Å². The molecule has 2 rings (SSSR count). The highest BCUT2D eigenvalue weighted by Crippen LogP contribution is 2.21. The molecule has 0 fully saturated rings. The summed E-state index contributed by atoms with van der Waals surface area (Å²) < 4.78 is 2.08. The molecule has 0 saturated carbocycles. The van der Waals surface area contributed by atoms with Crippen LogP contribution < -0.4 is 5.73 Å². The lowest BCUT2D eigenvalue weighted by atomic mass is 9.99. The van der Waals surface area contributed by atoms with Gasteiger partial charge in [0.2, 0.25) is 0 Å². The van der Waals surface area contributed by atoms with E-state index in [9.17, 15) is 0 Å². The molecule has 1 unspecified atom stereocenters. The average Bonchev–Trinajstić information content (AvgIpc) is 2.59. The van der Waals surface area contributed by atoms with Gasteiger partial charge in [0.1, 0.15) is 5.69 Å². The van der Waals surface area contributed by atoms with Gasteiger partial charge in [-0.25, -0.2) is 4.98 Å². The monoisotopic (exact) mass is 194 g/mol. The van der Waals surface area contributed by atoms with Crippen LogP contribution in [0.4, 0.5) is 0 Å². The highest BCUT2D eigenvalue weighted by atomic mass is 16.4. The molecule has 14 heavy (non-hydrogen) atoms. The third-order valence-corrected chi connectivity index (χ3v) is 2.68. The van der Waals surface area contributed by atoms with Crippen LogP contribution in [0.3, 0.4) is 0 Å². The first-order chi connectivity index (χ1) is 6.72.